The second-order valence-electron chi connectivity index (χ2n) is 9.23. The van der Waals surface area contributed by atoms with Crippen molar-refractivity contribution in [3.8, 4) is 5.75 Å². The fourth-order valence-corrected chi connectivity index (χ4v) is 5.03. The number of aryl methyl sites for hydroxylation is 1. The molecule has 172 valence electrons. The van der Waals surface area contributed by atoms with Gasteiger partial charge in [0.15, 0.2) is 0 Å². The van der Waals surface area contributed by atoms with Crippen molar-refractivity contribution in [2.24, 2.45) is 5.92 Å². The average Bonchev–Trinajstić information content (AvgIpc) is 3.21. The number of ether oxygens (including phenoxy) is 1. The van der Waals surface area contributed by atoms with E-state index in [1.807, 2.05) is 36.1 Å². The quantitative estimate of drug-likeness (QED) is 0.777. The molecule has 0 bridgehead atoms. The van der Waals surface area contributed by atoms with E-state index in [1.54, 1.807) is 23.1 Å². The van der Waals surface area contributed by atoms with Crippen LogP contribution in [-0.2, 0) is 9.59 Å². The summed E-state index contributed by atoms with van der Waals surface area (Å²) >= 11 is 0. The zero-order valence-electron chi connectivity index (χ0n) is 18.9. The first-order valence-corrected chi connectivity index (χ1v) is 11.8. The molecule has 0 aliphatic carbocycles. The summed E-state index contributed by atoms with van der Waals surface area (Å²) in [6.45, 7) is 3.68. The molecule has 0 unspecified atom stereocenters. The van der Waals surface area contributed by atoms with Crippen molar-refractivity contribution in [1.82, 2.24) is 4.90 Å². The number of carbonyl (C=O) groups excluding carboxylic acids is 3. The first-order chi connectivity index (χ1) is 16.0. The first-order valence-electron chi connectivity index (χ1n) is 11.8. The number of nitrogens with one attached hydrogen (secondary N) is 1. The van der Waals surface area contributed by atoms with E-state index >= 15 is 0 Å². The molecule has 2 atom stereocenters. The highest BCUT2D eigenvalue weighted by molar-refractivity contribution is 6.04. The van der Waals surface area contributed by atoms with Crippen molar-refractivity contribution in [3.63, 3.8) is 0 Å². The van der Waals surface area contributed by atoms with Gasteiger partial charge in [0.2, 0.25) is 11.8 Å². The summed E-state index contributed by atoms with van der Waals surface area (Å²) in [4.78, 5) is 42.4. The molecular formula is C26H29N3O4. The van der Waals surface area contributed by atoms with Gasteiger partial charge in [0.05, 0.1) is 18.1 Å². The van der Waals surface area contributed by atoms with Crippen LogP contribution in [0.2, 0.25) is 0 Å². The Morgan fingerprint density at radius 3 is 2.70 bits per heavy atom. The van der Waals surface area contributed by atoms with Gasteiger partial charge in [-0.25, -0.2) is 0 Å². The lowest BCUT2D eigenvalue weighted by atomic mass is 9.97. The molecule has 2 aromatic carbocycles. The summed E-state index contributed by atoms with van der Waals surface area (Å²) in [6, 6.07) is 13.2. The number of fused-ring (bicyclic) bond motifs is 2. The molecule has 0 aromatic heterocycles. The standard InChI is InChI=1S/C26H29N3O4/c1-17-5-8-21(9-6-17)29-16-18(14-24(29)30)25(31)27-19-7-10-23-22(15-19)26(32)28-12-3-2-4-20(28)11-13-33-23/h5-10,15,18,20H,2-4,11-14,16H2,1H3,(H,27,31)/t18-,20+/m1/s1. The molecule has 3 heterocycles. The Morgan fingerprint density at radius 2 is 1.88 bits per heavy atom. The van der Waals surface area contributed by atoms with Gasteiger partial charge in [-0.3, -0.25) is 14.4 Å². The fraction of sp³-hybridized carbons (Fsp3) is 0.423. The van der Waals surface area contributed by atoms with E-state index in [9.17, 15) is 14.4 Å². The summed E-state index contributed by atoms with van der Waals surface area (Å²) in [5, 5.41) is 2.92. The second kappa shape index (κ2) is 8.89. The molecule has 3 aliphatic rings. The van der Waals surface area contributed by atoms with Gasteiger partial charge in [0, 0.05) is 43.3 Å². The number of amides is 3. The third kappa shape index (κ3) is 4.32. The van der Waals surface area contributed by atoms with Crippen LogP contribution in [0.4, 0.5) is 11.4 Å². The third-order valence-corrected chi connectivity index (χ3v) is 6.92. The monoisotopic (exact) mass is 447 g/mol. The summed E-state index contributed by atoms with van der Waals surface area (Å²) in [7, 11) is 0. The molecule has 0 radical (unpaired) electrons. The molecule has 1 N–H and O–H groups in total. The van der Waals surface area contributed by atoms with E-state index in [1.165, 1.54) is 0 Å². The summed E-state index contributed by atoms with van der Waals surface area (Å²) in [5.74, 6) is -0.195. The highest BCUT2D eigenvalue weighted by Gasteiger charge is 2.36. The minimum atomic E-state index is -0.445. The largest absolute Gasteiger partial charge is 0.493 e. The van der Waals surface area contributed by atoms with Gasteiger partial charge in [0.1, 0.15) is 5.75 Å². The van der Waals surface area contributed by atoms with Crippen LogP contribution in [0.3, 0.4) is 0 Å². The van der Waals surface area contributed by atoms with Crippen LogP contribution in [-0.4, -0.2) is 48.4 Å². The SMILES string of the molecule is Cc1ccc(N2C[C@H](C(=O)Nc3ccc4c(c3)C(=O)N3CCCC[C@H]3CCO4)CC2=O)cc1. The maximum atomic E-state index is 13.3. The van der Waals surface area contributed by atoms with E-state index in [0.717, 1.165) is 43.5 Å². The van der Waals surface area contributed by atoms with Crippen molar-refractivity contribution < 1.29 is 19.1 Å². The van der Waals surface area contributed by atoms with Crippen LogP contribution in [0.5, 0.6) is 5.75 Å². The molecule has 33 heavy (non-hydrogen) atoms. The maximum Gasteiger partial charge on any atom is 0.257 e. The van der Waals surface area contributed by atoms with Crippen molar-refractivity contribution in [2.75, 3.05) is 29.9 Å². The van der Waals surface area contributed by atoms with Gasteiger partial charge < -0.3 is 19.9 Å². The highest BCUT2D eigenvalue weighted by Crippen LogP contribution is 2.32. The smallest absolute Gasteiger partial charge is 0.257 e. The van der Waals surface area contributed by atoms with E-state index in [2.05, 4.69) is 5.32 Å². The highest BCUT2D eigenvalue weighted by atomic mass is 16.5. The second-order valence-corrected chi connectivity index (χ2v) is 9.23. The van der Waals surface area contributed by atoms with E-state index in [-0.39, 0.29) is 30.2 Å². The van der Waals surface area contributed by atoms with Crippen LogP contribution in [0.15, 0.2) is 42.5 Å². The third-order valence-electron chi connectivity index (χ3n) is 6.92. The Kier molecular flexibility index (Phi) is 5.79. The van der Waals surface area contributed by atoms with Gasteiger partial charge in [-0.2, -0.15) is 0 Å². The van der Waals surface area contributed by atoms with Gasteiger partial charge in [-0.05, 0) is 56.5 Å². The number of hydrogen-bond donors (Lipinski definition) is 1. The number of rotatable bonds is 3. The molecule has 0 saturated carbocycles. The predicted molar refractivity (Wildman–Crippen MR) is 125 cm³/mol. The van der Waals surface area contributed by atoms with Crippen LogP contribution >= 0.6 is 0 Å². The molecule has 3 aliphatic heterocycles. The molecule has 3 amide bonds. The lowest BCUT2D eigenvalue weighted by Crippen LogP contribution is -2.45. The molecule has 5 rings (SSSR count). The summed E-state index contributed by atoms with van der Waals surface area (Å²) < 4.78 is 5.88. The van der Waals surface area contributed by atoms with Crippen molar-refractivity contribution in [1.29, 1.82) is 0 Å². The van der Waals surface area contributed by atoms with Crippen LogP contribution in [0, 0.1) is 12.8 Å². The number of hydrogen-bond acceptors (Lipinski definition) is 4. The minimum absolute atomic E-state index is 0.0351. The summed E-state index contributed by atoms with van der Waals surface area (Å²) in [6.07, 6.45) is 4.17. The van der Waals surface area contributed by atoms with Crippen molar-refractivity contribution in [2.45, 2.75) is 45.1 Å². The van der Waals surface area contributed by atoms with E-state index in [0.29, 0.717) is 30.2 Å². The van der Waals surface area contributed by atoms with Crippen LogP contribution in [0.1, 0.15) is 48.0 Å². The Morgan fingerprint density at radius 1 is 1.06 bits per heavy atom. The molecule has 2 saturated heterocycles. The molecule has 2 fully saturated rings. The minimum Gasteiger partial charge on any atom is -0.493 e. The molecule has 7 heteroatoms. The normalized spacial score (nSPS) is 22.7. The number of piperidine rings is 1. The van der Waals surface area contributed by atoms with Crippen LogP contribution in [0.25, 0.3) is 0 Å². The van der Waals surface area contributed by atoms with Crippen molar-refractivity contribution in [3.05, 3.63) is 53.6 Å². The topological polar surface area (TPSA) is 79.0 Å². The van der Waals surface area contributed by atoms with Gasteiger partial charge in [-0.1, -0.05) is 17.7 Å². The number of benzene rings is 2. The van der Waals surface area contributed by atoms with E-state index < -0.39 is 5.92 Å². The van der Waals surface area contributed by atoms with Gasteiger partial charge in [-0.15, -0.1) is 0 Å². The van der Waals surface area contributed by atoms with Gasteiger partial charge >= 0.3 is 0 Å². The lowest BCUT2D eigenvalue weighted by molar-refractivity contribution is -0.122. The lowest BCUT2D eigenvalue weighted by Gasteiger charge is -2.37. The molecule has 7 nitrogen and oxygen atoms in total. The Hall–Kier alpha value is -3.35. The molecule has 0 spiro atoms. The number of nitrogens with zero attached hydrogens (tertiary/aromatic N) is 2. The summed E-state index contributed by atoms with van der Waals surface area (Å²) in [5.41, 5.74) is 2.96. The fourth-order valence-electron chi connectivity index (χ4n) is 5.03. The van der Waals surface area contributed by atoms with Gasteiger partial charge in [0.25, 0.3) is 5.91 Å². The zero-order chi connectivity index (χ0) is 22.9. The van der Waals surface area contributed by atoms with E-state index in [4.69, 9.17) is 4.74 Å². The Balaban J connectivity index is 1.31. The van der Waals surface area contributed by atoms with Crippen LogP contribution < -0.4 is 15.0 Å². The molecule has 2 aromatic rings. The number of anilines is 2. The Bertz CT molecular complexity index is 1080. The Labute approximate surface area is 193 Å². The van der Waals surface area contributed by atoms with Crippen molar-refractivity contribution >= 4 is 29.1 Å². The predicted octanol–water partition coefficient (Wildman–Crippen LogP) is 3.76. The maximum absolute atomic E-state index is 13.3. The molecular weight excluding hydrogens is 418 g/mol. The first kappa shape index (κ1) is 21.5. The number of carbonyl (C=O) groups is 3. The zero-order valence-corrected chi connectivity index (χ0v) is 18.9. The average molecular weight is 448 g/mol.